The molecule has 8 nitrogen and oxygen atoms in total. The molecule has 1 amide bonds. The Hall–Kier alpha value is -3.39. The smallest absolute Gasteiger partial charge is 0.311 e. The number of nitrogens with zero attached hydrogens (tertiary/aromatic N) is 2. The number of aromatic nitrogens is 2. The molecule has 0 bridgehead atoms. The Morgan fingerprint density at radius 3 is 2.55 bits per heavy atom. The van der Waals surface area contributed by atoms with Crippen LogP contribution in [0.2, 0.25) is 0 Å². The van der Waals surface area contributed by atoms with Gasteiger partial charge in [0, 0.05) is 25.8 Å². The van der Waals surface area contributed by atoms with Gasteiger partial charge in [0.1, 0.15) is 11.4 Å². The number of carbonyl (C=O) groups excluding carboxylic acids is 1. The van der Waals surface area contributed by atoms with Gasteiger partial charge in [0.25, 0.3) is 5.91 Å². The van der Waals surface area contributed by atoms with Crippen molar-refractivity contribution in [3.05, 3.63) is 60.5 Å². The summed E-state index contributed by atoms with van der Waals surface area (Å²) >= 11 is 0. The number of carboxylic acids is 1. The molecule has 3 aromatic rings. The first-order chi connectivity index (χ1) is 14.1. The van der Waals surface area contributed by atoms with Gasteiger partial charge < -0.3 is 19.6 Å². The van der Waals surface area contributed by atoms with E-state index in [0.717, 1.165) is 5.69 Å². The number of hydrogen-bond acceptors (Lipinski definition) is 5. The van der Waals surface area contributed by atoms with Crippen LogP contribution in [-0.2, 0) is 9.53 Å². The van der Waals surface area contributed by atoms with E-state index in [2.05, 4.69) is 10.4 Å². The second-order valence-corrected chi connectivity index (χ2v) is 7.02. The van der Waals surface area contributed by atoms with Gasteiger partial charge in [0.15, 0.2) is 5.76 Å². The molecule has 0 unspecified atom stereocenters. The summed E-state index contributed by atoms with van der Waals surface area (Å²) in [7, 11) is 0. The third-order valence-electron chi connectivity index (χ3n) is 5.21. The van der Waals surface area contributed by atoms with Crippen LogP contribution in [0.4, 0.5) is 0 Å². The summed E-state index contributed by atoms with van der Waals surface area (Å²) in [6, 6.07) is 14.4. The number of amides is 1. The normalized spacial score (nSPS) is 15.7. The van der Waals surface area contributed by atoms with Gasteiger partial charge in [0.2, 0.25) is 0 Å². The Bertz CT molecular complexity index is 989. The Labute approximate surface area is 167 Å². The Balaban J connectivity index is 1.62. The average Bonchev–Trinajstić information content (AvgIpc) is 3.43. The minimum Gasteiger partial charge on any atom is -0.481 e. The highest BCUT2D eigenvalue weighted by molar-refractivity contribution is 5.94. The number of furan rings is 1. The fourth-order valence-corrected chi connectivity index (χ4v) is 3.42. The van der Waals surface area contributed by atoms with E-state index in [1.165, 1.54) is 4.68 Å². The first-order valence-corrected chi connectivity index (χ1v) is 9.38. The van der Waals surface area contributed by atoms with Gasteiger partial charge in [-0.15, -0.1) is 0 Å². The molecule has 1 saturated heterocycles. The van der Waals surface area contributed by atoms with Crippen LogP contribution in [0.3, 0.4) is 0 Å². The molecule has 29 heavy (non-hydrogen) atoms. The van der Waals surface area contributed by atoms with Crippen LogP contribution in [0, 0.1) is 5.41 Å². The fourth-order valence-electron chi connectivity index (χ4n) is 3.42. The molecule has 0 saturated carbocycles. The highest BCUT2D eigenvalue weighted by Gasteiger charge is 2.40. The summed E-state index contributed by atoms with van der Waals surface area (Å²) in [4.78, 5) is 24.8. The molecular formula is C21H21N3O5. The molecule has 4 rings (SSSR count). The summed E-state index contributed by atoms with van der Waals surface area (Å²) in [5.41, 5.74) is 0.516. The van der Waals surface area contributed by atoms with Crippen LogP contribution in [0.25, 0.3) is 17.1 Å². The summed E-state index contributed by atoms with van der Waals surface area (Å²) < 4.78 is 12.2. The number of carboxylic acid groups (broad SMARTS) is 1. The Morgan fingerprint density at radius 2 is 1.90 bits per heavy atom. The van der Waals surface area contributed by atoms with Gasteiger partial charge in [-0.1, -0.05) is 18.2 Å². The van der Waals surface area contributed by atoms with E-state index in [0.29, 0.717) is 43.2 Å². The molecule has 0 spiro atoms. The molecule has 0 aliphatic carbocycles. The van der Waals surface area contributed by atoms with Gasteiger partial charge >= 0.3 is 5.97 Å². The molecular weight excluding hydrogens is 374 g/mol. The minimum atomic E-state index is -1.02. The summed E-state index contributed by atoms with van der Waals surface area (Å²) in [5.74, 6) is -0.777. The van der Waals surface area contributed by atoms with Crippen LogP contribution >= 0.6 is 0 Å². The van der Waals surface area contributed by atoms with E-state index in [9.17, 15) is 14.7 Å². The second kappa shape index (κ2) is 7.92. The first kappa shape index (κ1) is 18.9. The molecule has 1 aliphatic rings. The van der Waals surface area contributed by atoms with Crippen molar-refractivity contribution < 1.29 is 23.8 Å². The number of carbonyl (C=O) groups is 2. The maximum Gasteiger partial charge on any atom is 0.311 e. The average molecular weight is 395 g/mol. The van der Waals surface area contributed by atoms with Gasteiger partial charge in [0.05, 0.1) is 17.4 Å². The zero-order chi connectivity index (χ0) is 20.3. The van der Waals surface area contributed by atoms with Crippen molar-refractivity contribution in [1.29, 1.82) is 0 Å². The summed E-state index contributed by atoms with van der Waals surface area (Å²) in [5, 5.41) is 17.0. The zero-order valence-corrected chi connectivity index (χ0v) is 15.7. The van der Waals surface area contributed by atoms with Gasteiger partial charge in [-0.2, -0.15) is 5.10 Å². The van der Waals surface area contributed by atoms with E-state index in [1.807, 2.05) is 30.3 Å². The molecule has 1 aromatic carbocycles. The first-order valence-electron chi connectivity index (χ1n) is 9.38. The Morgan fingerprint density at radius 1 is 1.14 bits per heavy atom. The van der Waals surface area contributed by atoms with Crippen molar-refractivity contribution in [2.24, 2.45) is 5.41 Å². The quantitative estimate of drug-likeness (QED) is 0.665. The van der Waals surface area contributed by atoms with Crippen LogP contribution in [-0.4, -0.2) is 46.5 Å². The van der Waals surface area contributed by atoms with Crippen LogP contribution < -0.4 is 5.32 Å². The number of benzene rings is 1. The molecule has 2 N–H and O–H groups in total. The third kappa shape index (κ3) is 3.79. The van der Waals surface area contributed by atoms with Gasteiger partial charge in [-0.25, -0.2) is 4.68 Å². The predicted molar refractivity (Wildman–Crippen MR) is 104 cm³/mol. The predicted octanol–water partition coefficient (Wildman–Crippen LogP) is 2.74. The largest absolute Gasteiger partial charge is 0.481 e. The Kier molecular flexibility index (Phi) is 5.18. The minimum absolute atomic E-state index is 0.0284. The standard InChI is InChI=1S/C21H21N3O5/c25-19(22-14-21(20(26)27)8-11-28-12-9-21)17-13-16(18-7-4-10-29-18)23-24(17)15-5-2-1-3-6-15/h1-7,10,13H,8-9,11-12,14H2,(H,22,25)(H,26,27). The van der Waals surface area contributed by atoms with Crippen molar-refractivity contribution >= 4 is 11.9 Å². The van der Waals surface area contributed by atoms with Crippen molar-refractivity contribution in [3.63, 3.8) is 0 Å². The molecule has 2 aromatic heterocycles. The maximum atomic E-state index is 13.0. The highest BCUT2D eigenvalue weighted by atomic mass is 16.5. The van der Waals surface area contributed by atoms with E-state index in [4.69, 9.17) is 9.15 Å². The summed E-state index contributed by atoms with van der Waals surface area (Å²) in [6.07, 6.45) is 2.26. The maximum absolute atomic E-state index is 13.0. The topological polar surface area (TPSA) is 107 Å². The number of para-hydroxylation sites is 1. The lowest BCUT2D eigenvalue weighted by molar-refractivity contribution is -0.154. The lowest BCUT2D eigenvalue weighted by atomic mass is 9.80. The van der Waals surface area contributed by atoms with E-state index in [-0.39, 0.29) is 6.54 Å². The van der Waals surface area contributed by atoms with E-state index < -0.39 is 17.3 Å². The molecule has 3 heterocycles. The van der Waals surface area contributed by atoms with Gasteiger partial charge in [-0.3, -0.25) is 9.59 Å². The van der Waals surface area contributed by atoms with Crippen molar-refractivity contribution in [2.45, 2.75) is 12.8 Å². The SMILES string of the molecule is O=C(NCC1(C(=O)O)CCOCC1)c1cc(-c2ccco2)nn1-c1ccccc1. The van der Waals surface area contributed by atoms with Crippen molar-refractivity contribution in [2.75, 3.05) is 19.8 Å². The van der Waals surface area contributed by atoms with E-state index >= 15 is 0 Å². The molecule has 150 valence electrons. The molecule has 0 atom stereocenters. The fraction of sp³-hybridized carbons (Fsp3) is 0.286. The van der Waals surface area contributed by atoms with Crippen LogP contribution in [0.15, 0.2) is 59.2 Å². The number of aliphatic carboxylic acids is 1. The highest BCUT2D eigenvalue weighted by Crippen LogP contribution is 2.30. The molecule has 0 radical (unpaired) electrons. The number of nitrogens with one attached hydrogen (secondary N) is 1. The second-order valence-electron chi connectivity index (χ2n) is 7.02. The lowest BCUT2D eigenvalue weighted by Crippen LogP contribution is -2.46. The zero-order valence-electron chi connectivity index (χ0n) is 15.7. The number of rotatable bonds is 6. The van der Waals surface area contributed by atoms with Crippen LogP contribution in [0.5, 0.6) is 0 Å². The monoisotopic (exact) mass is 395 g/mol. The van der Waals surface area contributed by atoms with Gasteiger partial charge in [-0.05, 0) is 37.1 Å². The number of ether oxygens (including phenoxy) is 1. The van der Waals surface area contributed by atoms with Crippen molar-refractivity contribution in [1.82, 2.24) is 15.1 Å². The van der Waals surface area contributed by atoms with Crippen molar-refractivity contribution in [3.8, 4) is 17.1 Å². The van der Waals surface area contributed by atoms with Crippen LogP contribution in [0.1, 0.15) is 23.3 Å². The molecule has 1 fully saturated rings. The number of hydrogen-bond donors (Lipinski definition) is 2. The third-order valence-corrected chi connectivity index (χ3v) is 5.21. The lowest BCUT2D eigenvalue weighted by Gasteiger charge is -2.33. The van der Waals surface area contributed by atoms with E-state index in [1.54, 1.807) is 24.5 Å². The summed E-state index contributed by atoms with van der Waals surface area (Å²) in [6.45, 7) is 0.764. The molecule has 1 aliphatic heterocycles. The molecule has 8 heteroatoms.